The maximum Gasteiger partial charge on any atom is 0.303 e. The molecule has 7 nitrogen and oxygen atoms in total. The molecule has 0 unspecified atom stereocenters. The highest BCUT2D eigenvalue weighted by atomic mass is 16.6. The van der Waals surface area contributed by atoms with Gasteiger partial charge in [0.2, 0.25) is 11.6 Å². The van der Waals surface area contributed by atoms with E-state index in [9.17, 15) is 30.3 Å². The number of hydrogen-bond acceptors (Lipinski definition) is 6. The van der Waals surface area contributed by atoms with Crippen molar-refractivity contribution < 1.29 is 35.4 Å². The minimum atomic E-state index is -2.73. The summed E-state index contributed by atoms with van der Waals surface area (Å²) in [5, 5.41) is 62.0. The van der Waals surface area contributed by atoms with Crippen molar-refractivity contribution in [2.45, 2.75) is 102 Å². The fourth-order valence-electron chi connectivity index (χ4n) is 8.83. The van der Waals surface area contributed by atoms with Gasteiger partial charge in [-0.3, -0.25) is 4.79 Å². The standard InChI is InChI=1S/C24H40O7/c1-14(4-7-19(25)26)16-5-6-17-15-8-11-22(27)13-24(30,31)23(28,29)12-21(22,3)18(15)9-10-20(16,17)2/h14-18,27-31H,4-13H2,1-3H3,(H,25,26)/t14-,15+,16-,17+,18+,20-,21-,22-/m1/s1. The van der Waals surface area contributed by atoms with Crippen LogP contribution in [0.2, 0.25) is 0 Å². The van der Waals surface area contributed by atoms with Crippen molar-refractivity contribution in [1.82, 2.24) is 0 Å². The van der Waals surface area contributed by atoms with Crippen LogP contribution in [0, 0.1) is 40.4 Å². The number of rotatable bonds is 4. The lowest BCUT2D eigenvalue weighted by Crippen LogP contribution is -2.73. The van der Waals surface area contributed by atoms with E-state index in [4.69, 9.17) is 5.11 Å². The van der Waals surface area contributed by atoms with Gasteiger partial charge in [0.1, 0.15) is 0 Å². The van der Waals surface area contributed by atoms with Crippen LogP contribution in [0.25, 0.3) is 0 Å². The summed E-state index contributed by atoms with van der Waals surface area (Å²) in [7, 11) is 0. The van der Waals surface area contributed by atoms with Crippen LogP contribution in [-0.4, -0.2) is 53.8 Å². The fourth-order valence-corrected chi connectivity index (χ4v) is 8.83. The molecular formula is C24H40O7. The average Bonchev–Trinajstić information content (AvgIpc) is 2.98. The molecule has 8 atom stereocenters. The molecule has 4 saturated carbocycles. The highest BCUT2D eigenvalue weighted by Gasteiger charge is 2.71. The third-order valence-electron chi connectivity index (χ3n) is 10.6. The number of carboxylic acids is 1. The molecule has 31 heavy (non-hydrogen) atoms. The van der Waals surface area contributed by atoms with Gasteiger partial charge in [-0.25, -0.2) is 0 Å². The summed E-state index contributed by atoms with van der Waals surface area (Å²) in [6, 6.07) is 0. The number of aliphatic hydroxyl groups is 5. The third-order valence-corrected chi connectivity index (χ3v) is 10.6. The predicted octanol–water partition coefficient (Wildman–Crippen LogP) is 2.23. The van der Waals surface area contributed by atoms with Crippen molar-refractivity contribution in [3.8, 4) is 0 Å². The van der Waals surface area contributed by atoms with E-state index in [0.29, 0.717) is 36.5 Å². The number of aliphatic carboxylic acids is 1. The Balaban J connectivity index is 1.59. The van der Waals surface area contributed by atoms with Crippen LogP contribution in [0.3, 0.4) is 0 Å². The smallest absolute Gasteiger partial charge is 0.303 e. The molecule has 0 aromatic heterocycles. The molecular weight excluding hydrogens is 400 g/mol. The molecule has 0 radical (unpaired) electrons. The van der Waals surface area contributed by atoms with Gasteiger partial charge in [-0.2, -0.15) is 0 Å². The first-order valence-corrected chi connectivity index (χ1v) is 12.0. The molecule has 0 saturated heterocycles. The maximum absolute atomic E-state index is 11.5. The van der Waals surface area contributed by atoms with Gasteiger partial charge in [0.25, 0.3) is 0 Å². The van der Waals surface area contributed by atoms with Crippen molar-refractivity contribution in [1.29, 1.82) is 0 Å². The molecule has 0 amide bonds. The van der Waals surface area contributed by atoms with Crippen molar-refractivity contribution in [3.63, 3.8) is 0 Å². The van der Waals surface area contributed by atoms with E-state index < -0.39 is 35.0 Å². The Labute approximate surface area is 184 Å². The molecule has 0 aliphatic heterocycles. The van der Waals surface area contributed by atoms with Crippen molar-refractivity contribution in [2.75, 3.05) is 0 Å². The minimum Gasteiger partial charge on any atom is -0.481 e. The van der Waals surface area contributed by atoms with Crippen LogP contribution < -0.4 is 0 Å². The van der Waals surface area contributed by atoms with Crippen LogP contribution in [0.4, 0.5) is 0 Å². The summed E-state index contributed by atoms with van der Waals surface area (Å²) in [4.78, 5) is 11.1. The van der Waals surface area contributed by atoms with Gasteiger partial charge in [-0.1, -0.05) is 20.8 Å². The quantitative estimate of drug-likeness (QED) is 0.369. The lowest BCUT2D eigenvalue weighted by Gasteiger charge is -2.66. The summed E-state index contributed by atoms with van der Waals surface area (Å²) >= 11 is 0. The van der Waals surface area contributed by atoms with Crippen LogP contribution in [0.5, 0.6) is 0 Å². The molecule has 0 aromatic rings. The first-order valence-electron chi connectivity index (χ1n) is 12.0. The van der Waals surface area contributed by atoms with E-state index in [1.165, 1.54) is 0 Å². The fraction of sp³-hybridized carbons (Fsp3) is 0.958. The Morgan fingerprint density at radius 2 is 1.55 bits per heavy atom. The summed E-state index contributed by atoms with van der Waals surface area (Å²) in [5.74, 6) is -4.39. The van der Waals surface area contributed by atoms with Crippen LogP contribution in [0.15, 0.2) is 0 Å². The SMILES string of the molecule is C[C@H](CCC(=O)O)[C@H]1CC[C@H]2[C@@H]3CC[C@@]4(O)CC(O)(O)C(O)(O)C[C@]4(C)[C@H]3CC[C@]12C. The Bertz CT molecular complexity index is 735. The highest BCUT2D eigenvalue weighted by Crippen LogP contribution is 2.70. The molecule has 4 aliphatic rings. The second-order valence-corrected chi connectivity index (χ2v) is 12.0. The van der Waals surface area contributed by atoms with Gasteiger partial charge in [-0.15, -0.1) is 0 Å². The predicted molar refractivity (Wildman–Crippen MR) is 112 cm³/mol. The lowest BCUT2D eigenvalue weighted by molar-refractivity contribution is -0.418. The number of fused-ring (bicyclic) bond motifs is 5. The zero-order valence-corrected chi connectivity index (χ0v) is 19.0. The van der Waals surface area contributed by atoms with Crippen LogP contribution in [0.1, 0.15) is 85.0 Å². The summed E-state index contributed by atoms with van der Waals surface area (Å²) in [6.07, 6.45) is 5.42. The maximum atomic E-state index is 11.5. The molecule has 0 aromatic carbocycles. The second-order valence-electron chi connectivity index (χ2n) is 12.0. The van der Waals surface area contributed by atoms with Crippen molar-refractivity contribution >= 4 is 5.97 Å². The Morgan fingerprint density at radius 1 is 0.903 bits per heavy atom. The van der Waals surface area contributed by atoms with E-state index in [-0.39, 0.29) is 24.2 Å². The highest BCUT2D eigenvalue weighted by molar-refractivity contribution is 5.66. The van der Waals surface area contributed by atoms with Crippen LogP contribution in [-0.2, 0) is 4.79 Å². The molecule has 4 fully saturated rings. The van der Waals surface area contributed by atoms with E-state index in [1.54, 1.807) is 0 Å². The summed E-state index contributed by atoms with van der Waals surface area (Å²) in [5.41, 5.74) is -2.01. The molecule has 0 heterocycles. The molecule has 4 aliphatic carbocycles. The molecule has 6 N–H and O–H groups in total. The van der Waals surface area contributed by atoms with Gasteiger partial charge in [0.05, 0.1) is 5.60 Å². The number of hydrogen-bond donors (Lipinski definition) is 6. The summed E-state index contributed by atoms with van der Waals surface area (Å²) < 4.78 is 0. The van der Waals surface area contributed by atoms with Gasteiger partial charge in [0.15, 0.2) is 0 Å². The normalized spacial score (nSPS) is 48.9. The first kappa shape index (κ1) is 23.4. The monoisotopic (exact) mass is 440 g/mol. The molecule has 178 valence electrons. The zero-order valence-electron chi connectivity index (χ0n) is 19.0. The van der Waals surface area contributed by atoms with Gasteiger partial charge in [-0.05, 0) is 80.0 Å². The van der Waals surface area contributed by atoms with E-state index >= 15 is 0 Å². The Hall–Kier alpha value is -0.730. The van der Waals surface area contributed by atoms with Crippen molar-refractivity contribution in [2.24, 2.45) is 40.4 Å². The largest absolute Gasteiger partial charge is 0.481 e. The molecule has 0 spiro atoms. The van der Waals surface area contributed by atoms with Crippen LogP contribution >= 0.6 is 0 Å². The molecule has 0 bridgehead atoms. The van der Waals surface area contributed by atoms with E-state index in [1.807, 2.05) is 6.92 Å². The number of carboxylic acid groups (broad SMARTS) is 1. The Morgan fingerprint density at radius 3 is 2.19 bits per heavy atom. The van der Waals surface area contributed by atoms with Gasteiger partial charge < -0.3 is 30.6 Å². The van der Waals surface area contributed by atoms with Crippen molar-refractivity contribution in [3.05, 3.63) is 0 Å². The van der Waals surface area contributed by atoms with E-state index in [2.05, 4.69) is 13.8 Å². The second kappa shape index (κ2) is 7.13. The summed E-state index contributed by atoms with van der Waals surface area (Å²) in [6.45, 7) is 6.45. The lowest BCUT2D eigenvalue weighted by atomic mass is 9.42. The topological polar surface area (TPSA) is 138 Å². The van der Waals surface area contributed by atoms with Gasteiger partial charge in [0, 0.05) is 24.7 Å². The molecule has 4 rings (SSSR count). The molecule has 7 heteroatoms. The average molecular weight is 441 g/mol. The van der Waals surface area contributed by atoms with Gasteiger partial charge >= 0.3 is 5.97 Å². The number of carbonyl (C=O) groups is 1. The van der Waals surface area contributed by atoms with E-state index in [0.717, 1.165) is 32.1 Å². The zero-order chi connectivity index (χ0) is 23.0. The first-order chi connectivity index (χ1) is 14.2. The Kier molecular flexibility index (Phi) is 5.39. The third kappa shape index (κ3) is 3.30. The minimum absolute atomic E-state index is 0.0900.